The van der Waals surface area contributed by atoms with E-state index in [-0.39, 0.29) is 10.8 Å². The molecule has 1 amide bonds. The van der Waals surface area contributed by atoms with Crippen molar-refractivity contribution in [1.82, 2.24) is 0 Å². The predicted molar refractivity (Wildman–Crippen MR) is 113 cm³/mol. The molecule has 0 aliphatic rings. The fourth-order valence-electron chi connectivity index (χ4n) is 2.64. The van der Waals surface area contributed by atoms with Crippen molar-refractivity contribution in [2.24, 2.45) is 0 Å². The molecule has 0 atom stereocenters. The minimum atomic E-state index is -3.72. The Kier molecular flexibility index (Phi) is 5.72. The molecule has 7 heteroatoms. The molecule has 28 heavy (non-hydrogen) atoms. The number of anilines is 2. The Balaban J connectivity index is 1.74. The molecule has 0 fully saturated rings. The van der Waals surface area contributed by atoms with E-state index in [0.29, 0.717) is 22.0 Å². The summed E-state index contributed by atoms with van der Waals surface area (Å²) in [5, 5.41) is 3.08. The number of rotatable bonds is 5. The molecular weight excluding hydrogens is 396 g/mol. The van der Waals surface area contributed by atoms with Crippen molar-refractivity contribution in [2.45, 2.75) is 18.7 Å². The summed E-state index contributed by atoms with van der Waals surface area (Å²) in [4.78, 5) is 12.5. The van der Waals surface area contributed by atoms with E-state index in [0.717, 1.165) is 11.1 Å². The van der Waals surface area contributed by atoms with E-state index in [2.05, 4.69) is 10.0 Å². The number of amides is 1. The Morgan fingerprint density at radius 3 is 2.18 bits per heavy atom. The van der Waals surface area contributed by atoms with Crippen LogP contribution in [0.4, 0.5) is 11.4 Å². The Morgan fingerprint density at radius 2 is 1.54 bits per heavy atom. The third kappa shape index (κ3) is 4.71. The molecule has 0 aliphatic carbocycles. The van der Waals surface area contributed by atoms with Crippen LogP contribution in [0.15, 0.2) is 71.6 Å². The monoisotopic (exact) mass is 414 g/mol. The van der Waals surface area contributed by atoms with Crippen molar-refractivity contribution in [3.8, 4) is 0 Å². The third-order valence-corrected chi connectivity index (χ3v) is 5.77. The van der Waals surface area contributed by atoms with Gasteiger partial charge in [0.25, 0.3) is 15.9 Å². The Morgan fingerprint density at radius 1 is 0.857 bits per heavy atom. The smallest absolute Gasteiger partial charge is 0.261 e. The van der Waals surface area contributed by atoms with Crippen LogP contribution in [0.2, 0.25) is 5.02 Å². The van der Waals surface area contributed by atoms with Crippen molar-refractivity contribution in [3.05, 3.63) is 88.4 Å². The first-order valence-electron chi connectivity index (χ1n) is 8.52. The summed E-state index contributed by atoms with van der Waals surface area (Å²) in [6.45, 7) is 3.77. The van der Waals surface area contributed by atoms with Gasteiger partial charge in [0, 0.05) is 11.4 Å². The van der Waals surface area contributed by atoms with E-state index in [1.165, 1.54) is 24.3 Å². The average molecular weight is 415 g/mol. The van der Waals surface area contributed by atoms with Crippen LogP contribution in [0.1, 0.15) is 21.5 Å². The molecule has 3 aromatic carbocycles. The molecular formula is C21H19ClN2O3S. The van der Waals surface area contributed by atoms with Gasteiger partial charge < -0.3 is 5.32 Å². The second-order valence-electron chi connectivity index (χ2n) is 6.44. The van der Waals surface area contributed by atoms with Crippen LogP contribution in [-0.2, 0) is 10.0 Å². The summed E-state index contributed by atoms with van der Waals surface area (Å²) in [5.74, 6) is -0.363. The van der Waals surface area contributed by atoms with Crippen LogP contribution < -0.4 is 10.0 Å². The van der Waals surface area contributed by atoms with Gasteiger partial charge in [0.05, 0.1) is 15.5 Å². The molecule has 0 radical (unpaired) electrons. The summed E-state index contributed by atoms with van der Waals surface area (Å²) in [6.07, 6.45) is 0. The summed E-state index contributed by atoms with van der Waals surface area (Å²) in [6, 6.07) is 18.2. The first-order chi connectivity index (χ1) is 13.2. The van der Waals surface area contributed by atoms with Crippen LogP contribution in [0.5, 0.6) is 0 Å². The summed E-state index contributed by atoms with van der Waals surface area (Å²) in [5.41, 5.74) is 3.22. The fraction of sp³-hybridized carbons (Fsp3) is 0.0952. The van der Waals surface area contributed by atoms with Crippen LogP contribution in [0, 0.1) is 13.8 Å². The highest BCUT2D eigenvalue weighted by molar-refractivity contribution is 7.92. The van der Waals surface area contributed by atoms with Gasteiger partial charge in [-0.3, -0.25) is 9.52 Å². The molecule has 0 heterocycles. The molecule has 0 saturated carbocycles. The first kappa shape index (κ1) is 19.9. The van der Waals surface area contributed by atoms with Gasteiger partial charge in [0.2, 0.25) is 0 Å². The van der Waals surface area contributed by atoms with Gasteiger partial charge in [0.15, 0.2) is 0 Å². The summed E-state index contributed by atoms with van der Waals surface area (Å²) in [7, 11) is -3.72. The molecule has 5 nitrogen and oxygen atoms in total. The molecule has 3 aromatic rings. The molecule has 0 aromatic heterocycles. The van der Waals surface area contributed by atoms with Crippen LogP contribution in [0.25, 0.3) is 0 Å². The zero-order valence-electron chi connectivity index (χ0n) is 15.4. The molecule has 0 aliphatic heterocycles. The van der Waals surface area contributed by atoms with E-state index in [4.69, 9.17) is 11.6 Å². The zero-order valence-corrected chi connectivity index (χ0v) is 16.9. The molecule has 0 spiro atoms. The van der Waals surface area contributed by atoms with E-state index >= 15 is 0 Å². The van der Waals surface area contributed by atoms with Crippen molar-refractivity contribution in [2.75, 3.05) is 10.0 Å². The second kappa shape index (κ2) is 8.04. The normalized spacial score (nSPS) is 11.1. The van der Waals surface area contributed by atoms with Crippen LogP contribution in [-0.4, -0.2) is 14.3 Å². The highest BCUT2D eigenvalue weighted by atomic mass is 35.5. The molecule has 144 valence electrons. The van der Waals surface area contributed by atoms with Gasteiger partial charge in [-0.05, 0) is 73.5 Å². The van der Waals surface area contributed by atoms with Crippen molar-refractivity contribution < 1.29 is 13.2 Å². The predicted octanol–water partition coefficient (Wildman–Crippen LogP) is 5.01. The van der Waals surface area contributed by atoms with E-state index in [1.54, 1.807) is 36.4 Å². The molecule has 0 unspecified atom stereocenters. The number of hydrogen-bond donors (Lipinski definition) is 2. The largest absolute Gasteiger partial charge is 0.322 e. The zero-order chi connectivity index (χ0) is 20.3. The third-order valence-electron chi connectivity index (χ3n) is 4.06. The SMILES string of the molecule is Cc1cccc(NS(=O)(=O)c2ccc(NC(=O)c3ccc(C)cc3Cl)cc2)c1. The van der Waals surface area contributed by atoms with E-state index in [1.807, 2.05) is 19.9 Å². The van der Waals surface area contributed by atoms with Gasteiger partial charge in [-0.2, -0.15) is 0 Å². The maximum Gasteiger partial charge on any atom is 0.261 e. The Hall–Kier alpha value is -2.83. The minimum Gasteiger partial charge on any atom is -0.322 e. The van der Waals surface area contributed by atoms with Gasteiger partial charge in [-0.1, -0.05) is 29.8 Å². The van der Waals surface area contributed by atoms with E-state index < -0.39 is 10.0 Å². The van der Waals surface area contributed by atoms with Crippen LogP contribution in [0.3, 0.4) is 0 Å². The van der Waals surface area contributed by atoms with E-state index in [9.17, 15) is 13.2 Å². The maximum absolute atomic E-state index is 12.5. The number of carbonyl (C=O) groups is 1. The summed E-state index contributed by atoms with van der Waals surface area (Å²) >= 11 is 6.12. The molecule has 2 N–H and O–H groups in total. The number of halogens is 1. The number of sulfonamides is 1. The van der Waals surface area contributed by atoms with Gasteiger partial charge in [0.1, 0.15) is 0 Å². The van der Waals surface area contributed by atoms with Gasteiger partial charge >= 0.3 is 0 Å². The minimum absolute atomic E-state index is 0.0976. The van der Waals surface area contributed by atoms with Crippen LogP contribution >= 0.6 is 11.6 Å². The lowest BCUT2D eigenvalue weighted by Gasteiger charge is -2.10. The number of aryl methyl sites for hydroxylation is 2. The second-order valence-corrected chi connectivity index (χ2v) is 8.53. The highest BCUT2D eigenvalue weighted by Gasteiger charge is 2.15. The maximum atomic E-state index is 12.5. The lowest BCUT2D eigenvalue weighted by molar-refractivity contribution is 0.102. The number of hydrogen-bond acceptors (Lipinski definition) is 3. The first-order valence-corrected chi connectivity index (χ1v) is 10.4. The topological polar surface area (TPSA) is 75.3 Å². The molecule has 0 bridgehead atoms. The lowest BCUT2D eigenvalue weighted by Crippen LogP contribution is -2.14. The van der Waals surface area contributed by atoms with Gasteiger partial charge in [-0.25, -0.2) is 8.42 Å². The number of benzene rings is 3. The molecule has 3 rings (SSSR count). The lowest BCUT2D eigenvalue weighted by atomic mass is 10.1. The van der Waals surface area contributed by atoms with Crippen molar-refractivity contribution in [1.29, 1.82) is 0 Å². The van der Waals surface area contributed by atoms with Crippen molar-refractivity contribution in [3.63, 3.8) is 0 Å². The number of nitrogens with one attached hydrogen (secondary N) is 2. The quantitative estimate of drug-likeness (QED) is 0.616. The van der Waals surface area contributed by atoms with Gasteiger partial charge in [-0.15, -0.1) is 0 Å². The highest BCUT2D eigenvalue weighted by Crippen LogP contribution is 2.21. The standard InChI is InChI=1S/C21H19ClN2O3S/c1-14-4-3-5-17(12-14)24-28(26,27)18-9-7-16(8-10-18)23-21(25)19-11-6-15(2)13-20(19)22/h3-13,24H,1-2H3,(H,23,25). The van der Waals surface area contributed by atoms with Crippen molar-refractivity contribution >= 4 is 38.9 Å². The average Bonchev–Trinajstić information content (AvgIpc) is 2.61. The Labute approximate surface area is 169 Å². The molecule has 0 saturated heterocycles. The summed E-state index contributed by atoms with van der Waals surface area (Å²) < 4.78 is 27.6. The Bertz CT molecular complexity index is 1130. The number of carbonyl (C=O) groups excluding carboxylic acids is 1. The fourth-order valence-corrected chi connectivity index (χ4v) is 4.01.